The lowest BCUT2D eigenvalue weighted by Crippen LogP contribution is -2.44. The van der Waals surface area contributed by atoms with E-state index in [4.69, 9.17) is 11.2 Å². The average Bonchev–Trinajstić information content (AvgIpc) is 2.62. The van der Waals surface area contributed by atoms with Crippen LogP contribution >= 0.6 is 0 Å². The highest BCUT2D eigenvalue weighted by Crippen LogP contribution is 2.33. The van der Waals surface area contributed by atoms with Gasteiger partial charge < -0.3 is 9.84 Å². The number of likely N-dealkylation sites (tertiary alicyclic amines) is 1. The Morgan fingerprint density at radius 1 is 1.32 bits per heavy atom. The average molecular weight is 386 g/mol. The topological polar surface area (TPSA) is 49.8 Å². The molecule has 0 spiro atoms. The minimum Gasteiger partial charge on any atom is -0.493 e. The summed E-state index contributed by atoms with van der Waals surface area (Å²) in [5.74, 6) is 2.82. The number of piperidine rings is 1. The molecule has 1 saturated heterocycles. The fraction of sp³-hybridized carbons (Fsp3) is 0.625. The van der Waals surface area contributed by atoms with Gasteiger partial charge in [-0.05, 0) is 61.8 Å². The Bertz CT molecular complexity index is 712. The molecule has 1 aliphatic rings. The summed E-state index contributed by atoms with van der Waals surface area (Å²) < 4.78 is 6.17. The van der Waals surface area contributed by atoms with Crippen molar-refractivity contribution in [1.82, 2.24) is 4.90 Å². The van der Waals surface area contributed by atoms with E-state index in [0.29, 0.717) is 13.2 Å². The Labute approximate surface area is 170 Å². The molecule has 0 amide bonds. The van der Waals surface area contributed by atoms with Gasteiger partial charge in [0.1, 0.15) is 11.8 Å². The van der Waals surface area contributed by atoms with E-state index in [0.717, 1.165) is 56.4 Å². The highest BCUT2D eigenvalue weighted by Gasteiger charge is 2.29. The molecule has 0 radical (unpaired) electrons. The Balaban J connectivity index is 2.26. The third-order valence-corrected chi connectivity index (χ3v) is 5.46. The minimum atomic E-state index is -0.723. The molecule has 4 heteroatoms. The second-order valence-corrected chi connectivity index (χ2v) is 8.85. The highest BCUT2D eigenvalue weighted by molar-refractivity contribution is 5.73. The first-order valence-electron chi connectivity index (χ1n) is 10.4. The van der Waals surface area contributed by atoms with Gasteiger partial charge in [-0.1, -0.05) is 33.3 Å². The van der Waals surface area contributed by atoms with E-state index >= 15 is 0 Å². The van der Waals surface area contributed by atoms with Crippen molar-refractivity contribution in [2.75, 3.05) is 13.2 Å². The summed E-state index contributed by atoms with van der Waals surface area (Å²) in [6.07, 6.45) is 10.7. The van der Waals surface area contributed by atoms with Crippen LogP contribution in [-0.2, 0) is 16.8 Å². The van der Waals surface area contributed by atoms with Gasteiger partial charge >= 0.3 is 5.97 Å². The Morgan fingerprint density at radius 2 is 2.07 bits per heavy atom. The number of ether oxygens (including phenoxy) is 1. The summed E-state index contributed by atoms with van der Waals surface area (Å²) in [6, 6.07) is 3.94. The van der Waals surface area contributed by atoms with Crippen LogP contribution in [0.3, 0.4) is 0 Å². The second kappa shape index (κ2) is 9.98. The monoisotopic (exact) mass is 385 g/mol. The predicted octanol–water partition coefficient (Wildman–Crippen LogP) is 4.91. The number of carboxylic acid groups (broad SMARTS) is 1. The van der Waals surface area contributed by atoms with E-state index in [2.05, 4.69) is 50.6 Å². The van der Waals surface area contributed by atoms with E-state index in [1.165, 1.54) is 11.1 Å². The Hall–Kier alpha value is -1.99. The number of rotatable bonds is 8. The number of hydrogen-bond acceptors (Lipinski definition) is 3. The maximum Gasteiger partial charge on any atom is 0.320 e. The summed E-state index contributed by atoms with van der Waals surface area (Å²) >= 11 is 0. The molecule has 28 heavy (non-hydrogen) atoms. The Kier molecular flexibility index (Phi) is 7.95. The molecule has 154 valence electrons. The summed E-state index contributed by atoms with van der Waals surface area (Å²) in [6.45, 7) is 10.8. The van der Waals surface area contributed by atoms with Crippen molar-refractivity contribution >= 4 is 5.97 Å². The van der Waals surface area contributed by atoms with Gasteiger partial charge in [-0.2, -0.15) is 0 Å². The van der Waals surface area contributed by atoms with E-state index < -0.39 is 12.0 Å². The first-order chi connectivity index (χ1) is 13.2. The molecule has 1 atom stereocenters. The fourth-order valence-electron chi connectivity index (χ4n) is 4.00. The molecule has 1 heterocycles. The number of carbonyl (C=O) groups is 1. The van der Waals surface area contributed by atoms with Crippen molar-refractivity contribution in [3.05, 3.63) is 28.8 Å². The molecule has 1 aromatic carbocycles. The lowest BCUT2D eigenvalue weighted by atomic mass is 9.83. The molecule has 0 unspecified atom stereocenters. The van der Waals surface area contributed by atoms with Gasteiger partial charge in [0.25, 0.3) is 0 Å². The largest absolute Gasteiger partial charge is 0.493 e. The van der Waals surface area contributed by atoms with Crippen LogP contribution in [0.2, 0.25) is 0 Å². The molecule has 0 aliphatic carbocycles. The molecule has 1 aliphatic heterocycles. The summed E-state index contributed by atoms with van der Waals surface area (Å²) in [5.41, 5.74) is 3.60. The van der Waals surface area contributed by atoms with Gasteiger partial charge in [-0.25, -0.2) is 0 Å². The van der Waals surface area contributed by atoms with Crippen LogP contribution in [0.5, 0.6) is 5.75 Å². The van der Waals surface area contributed by atoms with Crippen LogP contribution < -0.4 is 4.74 Å². The van der Waals surface area contributed by atoms with Crippen molar-refractivity contribution in [3.63, 3.8) is 0 Å². The standard InChI is InChI=1S/C24H35NO3/c1-6-7-8-11-14-28-22-16-20(24(3,4)5)18(2)15-19(22)17-25-13-10-9-12-21(25)23(26)27/h1,15-16,21H,7-14,17H2,2-5H3,(H,26,27)/t21-/m0/s1. The Morgan fingerprint density at radius 3 is 2.71 bits per heavy atom. The number of unbranched alkanes of at least 4 members (excludes halogenated alkanes) is 2. The zero-order chi connectivity index (χ0) is 20.7. The van der Waals surface area contributed by atoms with E-state index in [-0.39, 0.29) is 5.41 Å². The van der Waals surface area contributed by atoms with E-state index in [1.54, 1.807) is 0 Å². The van der Waals surface area contributed by atoms with Crippen LogP contribution in [-0.4, -0.2) is 35.2 Å². The first-order valence-corrected chi connectivity index (χ1v) is 10.4. The zero-order valence-corrected chi connectivity index (χ0v) is 17.9. The van der Waals surface area contributed by atoms with Crippen molar-refractivity contribution < 1.29 is 14.6 Å². The van der Waals surface area contributed by atoms with Crippen molar-refractivity contribution in [3.8, 4) is 18.1 Å². The fourth-order valence-corrected chi connectivity index (χ4v) is 4.00. The SMILES string of the molecule is C#CCCCCOc1cc(C(C)(C)C)c(C)cc1CN1CCCC[C@H]1C(=O)O. The number of hydrogen-bond donors (Lipinski definition) is 1. The number of nitrogens with zero attached hydrogens (tertiary/aromatic N) is 1. The zero-order valence-electron chi connectivity index (χ0n) is 17.9. The molecule has 1 N–H and O–H groups in total. The van der Waals surface area contributed by atoms with Crippen molar-refractivity contribution in [2.24, 2.45) is 0 Å². The van der Waals surface area contributed by atoms with Gasteiger partial charge in [0.15, 0.2) is 0 Å². The predicted molar refractivity (Wildman–Crippen MR) is 114 cm³/mol. The molecule has 2 rings (SSSR count). The number of benzene rings is 1. The summed E-state index contributed by atoms with van der Waals surface area (Å²) in [5, 5.41) is 9.60. The molecular formula is C24H35NO3. The van der Waals surface area contributed by atoms with Crippen LogP contribution in [0, 0.1) is 19.3 Å². The molecule has 1 fully saturated rings. The van der Waals surface area contributed by atoms with Gasteiger partial charge in [0.05, 0.1) is 6.61 Å². The van der Waals surface area contributed by atoms with Crippen LogP contribution in [0.25, 0.3) is 0 Å². The van der Waals surface area contributed by atoms with Crippen molar-refractivity contribution in [2.45, 2.75) is 84.2 Å². The maximum absolute atomic E-state index is 11.7. The third kappa shape index (κ3) is 6.01. The van der Waals surface area contributed by atoms with Gasteiger partial charge in [-0.3, -0.25) is 9.69 Å². The summed E-state index contributed by atoms with van der Waals surface area (Å²) in [7, 11) is 0. The second-order valence-electron chi connectivity index (χ2n) is 8.85. The van der Waals surface area contributed by atoms with Gasteiger partial charge in [-0.15, -0.1) is 12.3 Å². The molecular weight excluding hydrogens is 350 g/mol. The lowest BCUT2D eigenvalue weighted by Gasteiger charge is -2.33. The first kappa shape index (κ1) is 22.3. The number of terminal acetylenes is 1. The minimum absolute atomic E-state index is 0.0267. The van der Waals surface area contributed by atoms with Gasteiger partial charge in [0.2, 0.25) is 0 Å². The molecule has 1 aromatic rings. The van der Waals surface area contributed by atoms with Crippen LogP contribution in [0.15, 0.2) is 12.1 Å². The van der Waals surface area contributed by atoms with E-state index in [1.807, 2.05) is 0 Å². The summed E-state index contributed by atoms with van der Waals surface area (Å²) in [4.78, 5) is 13.8. The number of aryl methyl sites for hydroxylation is 1. The number of aliphatic carboxylic acids is 1. The normalized spacial score (nSPS) is 17.9. The molecule has 4 nitrogen and oxygen atoms in total. The quantitative estimate of drug-likeness (QED) is 0.510. The molecule has 0 bridgehead atoms. The van der Waals surface area contributed by atoms with Gasteiger partial charge in [0, 0.05) is 18.5 Å². The maximum atomic E-state index is 11.7. The molecule has 0 aromatic heterocycles. The highest BCUT2D eigenvalue weighted by atomic mass is 16.5. The van der Waals surface area contributed by atoms with Crippen molar-refractivity contribution in [1.29, 1.82) is 0 Å². The lowest BCUT2D eigenvalue weighted by molar-refractivity contribution is -0.144. The third-order valence-electron chi connectivity index (χ3n) is 5.46. The smallest absolute Gasteiger partial charge is 0.320 e. The number of carboxylic acids is 1. The van der Waals surface area contributed by atoms with Crippen LogP contribution in [0.4, 0.5) is 0 Å². The van der Waals surface area contributed by atoms with Crippen LogP contribution in [0.1, 0.15) is 76.0 Å². The molecule has 0 saturated carbocycles. The van der Waals surface area contributed by atoms with E-state index in [9.17, 15) is 9.90 Å².